The molecule has 0 N–H and O–H groups in total. The third kappa shape index (κ3) is 1.90. The monoisotopic (exact) mass is 170 g/mol. The largest absolute Gasteiger partial charge is 0.349 e. The molecule has 70 valence electrons. The van der Waals surface area contributed by atoms with Gasteiger partial charge in [-0.1, -0.05) is 0 Å². The van der Waals surface area contributed by atoms with E-state index in [0.717, 1.165) is 0 Å². The summed E-state index contributed by atoms with van der Waals surface area (Å²) in [6, 6.07) is 0. The zero-order valence-corrected chi connectivity index (χ0v) is 8.67. The van der Waals surface area contributed by atoms with Crippen molar-refractivity contribution >= 4 is 5.96 Å². The number of hydrogen-bond donors (Lipinski definition) is 0. The third-order valence-electron chi connectivity index (χ3n) is 2.19. The van der Waals surface area contributed by atoms with Crippen molar-refractivity contribution in [1.29, 1.82) is 0 Å². The first kappa shape index (κ1) is 9.36. The quantitative estimate of drug-likeness (QED) is 0.293. The highest BCUT2D eigenvalue weighted by atomic mass is 15.4. The van der Waals surface area contributed by atoms with Crippen LogP contribution in [0, 0.1) is 0 Å². The molecule has 0 aromatic rings. The lowest BCUT2D eigenvalue weighted by Crippen LogP contribution is -2.43. The Morgan fingerprint density at radius 3 is 2.00 bits per heavy atom. The van der Waals surface area contributed by atoms with Crippen LogP contribution < -0.4 is 0 Å². The minimum atomic E-state index is 1.21. The predicted octanol–water partition coefficient (Wildman–Crippen LogP) is 0.272. The average molecular weight is 170 g/mol. The van der Waals surface area contributed by atoms with E-state index < -0.39 is 0 Å². The molecule has 0 aromatic carbocycles. The summed E-state index contributed by atoms with van der Waals surface area (Å²) in [5.41, 5.74) is 0. The summed E-state index contributed by atoms with van der Waals surface area (Å²) < 4.78 is 2.19. The molecule has 1 heterocycles. The van der Waals surface area contributed by atoms with E-state index in [9.17, 15) is 0 Å². The molecule has 1 saturated heterocycles. The maximum atomic E-state index is 2.44. The van der Waals surface area contributed by atoms with Crippen LogP contribution in [0.15, 0.2) is 0 Å². The zero-order valence-electron chi connectivity index (χ0n) is 8.67. The summed E-state index contributed by atoms with van der Waals surface area (Å²) in [5.74, 6) is 1.33. The van der Waals surface area contributed by atoms with Gasteiger partial charge in [-0.15, -0.1) is 0 Å². The fraction of sp³-hybridized carbons (Fsp3) is 0.889. The molecule has 12 heavy (non-hydrogen) atoms. The Hall–Kier alpha value is -0.730. The molecule has 0 radical (unpaired) electrons. The first-order valence-electron chi connectivity index (χ1n) is 4.59. The Morgan fingerprint density at radius 1 is 1.17 bits per heavy atom. The topological polar surface area (TPSA) is 9.49 Å². The molecule has 0 aliphatic carbocycles. The first-order valence-corrected chi connectivity index (χ1v) is 4.59. The molecule has 0 bridgehead atoms. The van der Waals surface area contributed by atoms with Crippen molar-refractivity contribution in [2.24, 2.45) is 0 Å². The van der Waals surface area contributed by atoms with Gasteiger partial charge in [-0.05, 0) is 12.8 Å². The van der Waals surface area contributed by atoms with E-state index in [0.29, 0.717) is 0 Å². The summed E-state index contributed by atoms with van der Waals surface area (Å²) in [7, 11) is 8.42. The standard InChI is InChI=1S/C9H20N3/c1-10(2)9(11(3)4)12-7-5-6-8-12/h5-8H2,1-4H3/q+1. The summed E-state index contributed by atoms with van der Waals surface area (Å²) >= 11 is 0. The highest BCUT2D eigenvalue weighted by Crippen LogP contribution is 2.08. The first-order chi connectivity index (χ1) is 5.63. The van der Waals surface area contributed by atoms with E-state index in [1.54, 1.807) is 0 Å². The molecule has 0 aromatic heterocycles. The SMILES string of the molecule is CN(C)C(N1CCCC1)=[N+](C)C. The molecule has 3 heteroatoms. The van der Waals surface area contributed by atoms with Gasteiger partial charge in [-0.2, -0.15) is 0 Å². The van der Waals surface area contributed by atoms with Crippen LogP contribution in [0.2, 0.25) is 0 Å². The van der Waals surface area contributed by atoms with Crippen LogP contribution >= 0.6 is 0 Å². The van der Waals surface area contributed by atoms with Gasteiger partial charge in [0.05, 0.1) is 41.3 Å². The fourth-order valence-electron chi connectivity index (χ4n) is 1.88. The van der Waals surface area contributed by atoms with Gasteiger partial charge in [0.1, 0.15) is 0 Å². The smallest absolute Gasteiger partial charge is 0.270 e. The van der Waals surface area contributed by atoms with Crippen LogP contribution in [0.5, 0.6) is 0 Å². The maximum absolute atomic E-state index is 2.44. The van der Waals surface area contributed by atoms with Gasteiger partial charge in [0.15, 0.2) is 0 Å². The van der Waals surface area contributed by atoms with Crippen molar-refractivity contribution in [1.82, 2.24) is 9.80 Å². The highest BCUT2D eigenvalue weighted by molar-refractivity contribution is 5.74. The number of nitrogens with zero attached hydrogens (tertiary/aromatic N) is 3. The van der Waals surface area contributed by atoms with Gasteiger partial charge in [0.2, 0.25) is 0 Å². The Morgan fingerprint density at radius 2 is 1.67 bits per heavy atom. The minimum Gasteiger partial charge on any atom is -0.270 e. The summed E-state index contributed by atoms with van der Waals surface area (Å²) in [5, 5.41) is 0. The Bertz CT molecular complexity index is 174. The van der Waals surface area contributed by atoms with Gasteiger partial charge in [0, 0.05) is 0 Å². The number of hydrogen-bond acceptors (Lipinski definition) is 0. The van der Waals surface area contributed by atoms with E-state index in [2.05, 4.69) is 42.6 Å². The Labute approximate surface area is 75.3 Å². The van der Waals surface area contributed by atoms with Gasteiger partial charge >= 0.3 is 5.96 Å². The van der Waals surface area contributed by atoms with Crippen LogP contribution in [0.25, 0.3) is 0 Å². The number of rotatable bonds is 0. The van der Waals surface area contributed by atoms with Crippen LogP contribution in [-0.2, 0) is 0 Å². The van der Waals surface area contributed by atoms with Crippen molar-refractivity contribution in [3.8, 4) is 0 Å². The zero-order chi connectivity index (χ0) is 9.14. The molecule has 3 nitrogen and oxygen atoms in total. The molecule has 0 amide bonds. The molecule has 0 saturated carbocycles. The van der Waals surface area contributed by atoms with Crippen molar-refractivity contribution in [3.05, 3.63) is 0 Å². The van der Waals surface area contributed by atoms with Gasteiger partial charge in [-0.3, -0.25) is 14.4 Å². The third-order valence-corrected chi connectivity index (χ3v) is 2.19. The Balaban J connectivity index is 2.72. The Kier molecular flexibility index (Phi) is 2.95. The van der Waals surface area contributed by atoms with E-state index >= 15 is 0 Å². The molecular weight excluding hydrogens is 150 g/mol. The molecule has 0 atom stereocenters. The normalized spacial score (nSPS) is 16.5. The van der Waals surface area contributed by atoms with Crippen molar-refractivity contribution in [2.45, 2.75) is 12.8 Å². The van der Waals surface area contributed by atoms with Gasteiger partial charge in [-0.25, -0.2) is 0 Å². The lowest BCUT2D eigenvalue weighted by Gasteiger charge is -2.20. The maximum Gasteiger partial charge on any atom is 0.349 e. The average Bonchev–Trinajstić information content (AvgIpc) is 2.37. The fourth-order valence-corrected chi connectivity index (χ4v) is 1.88. The molecule has 1 aliphatic heterocycles. The second-order valence-electron chi connectivity index (χ2n) is 3.78. The van der Waals surface area contributed by atoms with Gasteiger partial charge < -0.3 is 0 Å². The second-order valence-corrected chi connectivity index (χ2v) is 3.78. The van der Waals surface area contributed by atoms with Gasteiger partial charge in [0.25, 0.3) is 0 Å². The molecule has 1 fully saturated rings. The second kappa shape index (κ2) is 3.78. The van der Waals surface area contributed by atoms with Crippen LogP contribution in [0.1, 0.15) is 12.8 Å². The predicted molar refractivity (Wildman–Crippen MR) is 51.6 cm³/mol. The summed E-state index contributed by atoms with van der Waals surface area (Å²) in [4.78, 5) is 4.63. The molecule has 0 unspecified atom stereocenters. The lowest BCUT2D eigenvalue weighted by atomic mass is 10.4. The lowest BCUT2D eigenvalue weighted by molar-refractivity contribution is -0.475. The summed E-state index contributed by atoms with van der Waals surface area (Å²) in [6.45, 7) is 2.43. The van der Waals surface area contributed by atoms with Crippen molar-refractivity contribution in [3.63, 3.8) is 0 Å². The van der Waals surface area contributed by atoms with Crippen LogP contribution in [-0.4, -0.2) is 61.6 Å². The van der Waals surface area contributed by atoms with E-state index in [1.807, 2.05) is 0 Å². The molecule has 1 aliphatic rings. The van der Waals surface area contributed by atoms with E-state index in [4.69, 9.17) is 0 Å². The minimum absolute atomic E-state index is 1.21. The van der Waals surface area contributed by atoms with Crippen molar-refractivity contribution in [2.75, 3.05) is 41.3 Å². The molecular formula is C9H20N3+. The van der Waals surface area contributed by atoms with Crippen LogP contribution in [0.4, 0.5) is 0 Å². The van der Waals surface area contributed by atoms with Crippen molar-refractivity contribution < 1.29 is 4.58 Å². The summed E-state index contributed by atoms with van der Waals surface area (Å²) in [6.07, 6.45) is 2.68. The van der Waals surface area contributed by atoms with Crippen LogP contribution in [0.3, 0.4) is 0 Å². The number of guanidine groups is 1. The highest BCUT2D eigenvalue weighted by Gasteiger charge is 2.25. The van der Waals surface area contributed by atoms with E-state index in [-0.39, 0.29) is 0 Å². The molecule has 0 spiro atoms. The van der Waals surface area contributed by atoms with E-state index in [1.165, 1.54) is 31.9 Å². The molecule has 1 rings (SSSR count). The number of likely N-dealkylation sites (tertiary alicyclic amines) is 1.